The molecule has 0 bridgehead atoms. The molecule has 0 atom stereocenters. The first-order valence-corrected chi connectivity index (χ1v) is 7.73. The minimum atomic E-state index is 0.131. The molecule has 0 heterocycles. The summed E-state index contributed by atoms with van der Waals surface area (Å²) in [4.78, 5) is 0. The Hall–Kier alpha value is -3.45. The standard InChI is InChI=1S/C21H17NO3/c1-24-20-10-8-15(12-21(20)25-2)16(13-22)11-18-17-6-4-3-5-14(17)7-9-19(18)23/h3-12,23H,1-2H3. The second-order valence-corrected chi connectivity index (χ2v) is 5.46. The molecule has 0 saturated carbocycles. The molecule has 0 radical (unpaired) electrons. The van der Waals surface area contributed by atoms with Crippen LogP contribution in [0.15, 0.2) is 54.6 Å². The SMILES string of the molecule is COc1ccc(C(C#N)=Cc2c(O)ccc3ccccc23)cc1OC. The first-order valence-electron chi connectivity index (χ1n) is 7.73. The zero-order chi connectivity index (χ0) is 17.8. The summed E-state index contributed by atoms with van der Waals surface area (Å²) >= 11 is 0. The maximum Gasteiger partial charge on any atom is 0.161 e. The lowest BCUT2D eigenvalue weighted by Crippen LogP contribution is -1.92. The van der Waals surface area contributed by atoms with Crippen LogP contribution in [-0.4, -0.2) is 19.3 Å². The van der Waals surface area contributed by atoms with E-state index in [-0.39, 0.29) is 5.75 Å². The number of methoxy groups -OCH3 is 2. The van der Waals surface area contributed by atoms with Crippen LogP contribution in [0.3, 0.4) is 0 Å². The quantitative estimate of drug-likeness (QED) is 0.559. The van der Waals surface area contributed by atoms with Crippen LogP contribution in [0.4, 0.5) is 0 Å². The third-order valence-corrected chi connectivity index (χ3v) is 4.05. The molecule has 0 fully saturated rings. The number of allylic oxidation sites excluding steroid dienone is 1. The number of nitriles is 1. The van der Waals surface area contributed by atoms with Crippen LogP contribution in [-0.2, 0) is 0 Å². The Kier molecular flexibility index (Phi) is 4.58. The van der Waals surface area contributed by atoms with Crippen LogP contribution in [0.5, 0.6) is 17.2 Å². The molecule has 0 aliphatic carbocycles. The normalized spacial score (nSPS) is 11.2. The van der Waals surface area contributed by atoms with E-state index in [0.717, 1.165) is 10.8 Å². The van der Waals surface area contributed by atoms with Gasteiger partial charge in [0.1, 0.15) is 5.75 Å². The summed E-state index contributed by atoms with van der Waals surface area (Å²) in [5.74, 6) is 1.27. The Bertz CT molecular complexity index is 1000. The molecule has 0 aromatic heterocycles. The summed E-state index contributed by atoms with van der Waals surface area (Å²) in [5, 5.41) is 21.8. The summed E-state index contributed by atoms with van der Waals surface area (Å²) in [5.41, 5.74) is 1.73. The molecule has 0 amide bonds. The maximum absolute atomic E-state index is 10.3. The van der Waals surface area contributed by atoms with E-state index < -0.39 is 0 Å². The lowest BCUT2D eigenvalue weighted by Gasteiger charge is -2.10. The maximum atomic E-state index is 10.3. The van der Waals surface area contributed by atoms with Crippen LogP contribution >= 0.6 is 0 Å². The summed E-state index contributed by atoms with van der Waals surface area (Å²) in [7, 11) is 3.11. The number of rotatable bonds is 4. The molecule has 4 nitrogen and oxygen atoms in total. The minimum Gasteiger partial charge on any atom is -0.507 e. The molecule has 0 aliphatic rings. The molecule has 0 spiro atoms. The van der Waals surface area contributed by atoms with Crippen molar-refractivity contribution in [3.63, 3.8) is 0 Å². The fourth-order valence-corrected chi connectivity index (χ4v) is 2.76. The van der Waals surface area contributed by atoms with Gasteiger partial charge in [-0.15, -0.1) is 0 Å². The second kappa shape index (κ2) is 6.98. The van der Waals surface area contributed by atoms with Gasteiger partial charge in [0, 0.05) is 5.56 Å². The molecule has 0 unspecified atom stereocenters. The van der Waals surface area contributed by atoms with E-state index in [0.29, 0.717) is 28.2 Å². The van der Waals surface area contributed by atoms with E-state index in [1.54, 1.807) is 44.6 Å². The number of hydrogen-bond donors (Lipinski definition) is 1. The number of ether oxygens (including phenoxy) is 2. The van der Waals surface area contributed by atoms with Gasteiger partial charge in [-0.1, -0.05) is 30.3 Å². The van der Waals surface area contributed by atoms with Gasteiger partial charge in [-0.2, -0.15) is 5.26 Å². The van der Waals surface area contributed by atoms with Crippen LogP contribution in [0.25, 0.3) is 22.4 Å². The number of hydrogen-bond acceptors (Lipinski definition) is 4. The number of benzene rings is 3. The number of nitrogens with zero attached hydrogens (tertiary/aromatic N) is 1. The van der Waals surface area contributed by atoms with Crippen molar-refractivity contribution in [1.82, 2.24) is 0 Å². The van der Waals surface area contributed by atoms with Crippen molar-refractivity contribution in [2.75, 3.05) is 14.2 Å². The monoisotopic (exact) mass is 331 g/mol. The van der Waals surface area contributed by atoms with E-state index in [9.17, 15) is 10.4 Å². The Balaban J connectivity index is 2.17. The summed E-state index contributed by atoms with van der Waals surface area (Å²) in [6.07, 6.45) is 1.69. The van der Waals surface area contributed by atoms with Crippen molar-refractivity contribution < 1.29 is 14.6 Å². The van der Waals surface area contributed by atoms with Crippen LogP contribution in [0.2, 0.25) is 0 Å². The highest BCUT2D eigenvalue weighted by Crippen LogP contribution is 2.34. The van der Waals surface area contributed by atoms with Gasteiger partial charge in [0.15, 0.2) is 11.5 Å². The second-order valence-electron chi connectivity index (χ2n) is 5.46. The summed E-state index contributed by atoms with van der Waals surface area (Å²) in [6.45, 7) is 0. The van der Waals surface area contributed by atoms with Gasteiger partial charge in [-0.3, -0.25) is 0 Å². The molecular weight excluding hydrogens is 314 g/mol. The van der Waals surface area contributed by atoms with Crippen molar-refractivity contribution in [2.24, 2.45) is 0 Å². The van der Waals surface area contributed by atoms with Crippen molar-refractivity contribution in [3.8, 4) is 23.3 Å². The molecule has 0 aliphatic heterocycles. The highest BCUT2D eigenvalue weighted by molar-refractivity contribution is 6.00. The summed E-state index contributed by atoms with van der Waals surface area (Å²) in [6, 6.07) is 18.7. The third kappa shape index (κ3) is 3.13. The zero-order valence-corrected chi connectivity index (χ0v) is 14.0. The van der Waals surface area contributed by atoms with Crippen LogP contribution in [0, 0.1) is 11.3 Å². The van der Waals surface area contributed by atoms with E-state index in [1.165, 1.54) is 0 Å². The molecule has 124 valence electrons. The largest absolute Gasteiger partial charge is 0.507 e. The van der Waals surface area contributed by atoms with E-state index in [2.05, 4.69) is 6.07 Å². The average molecular weight is 331 g/mol. The highest BCUT2D eigenvalue weighted by atomic mass is 16.5. The summed E-state index contributed by atoms with van der Waals surface area (Å²) < 4.78 is 10.5. The molecule has 1 N–H and O–H groups in total. The van der Waals surface area contributed by atoms with Crippen molar-refractivity contribution >= 4 is 22.4 Å². The fourth-order valence-electron chi connectivity index (χ4n) is 2.76. The van der Waals surface area contributed by atoms with E-state index >= 15 is 0 Å². The number of phenolic OH excluding ortho intramolecular Hbond substituents is 1. The average Bonchev–Trinajstić information content (AvgIpc) is 2.67. The fraction of sp³-hybridized carbons (Fsp3) is 0.0952. The van der Waals surface area contributed by atoms with Gasteiger partial charge in [-0.05, 0) is 46.7 Å². The topological polar surface area (TPSA) is 62.5 Å². The predicted molar refractivity (Wildman–Crippen MR) is 98.6 cm³/mol. The number of phenols is 1. The van der Waals surface area contributed by atoms with Gasteiger partial charge in [0.25, 0.3) is 0 Å². The Labute approximate surface area is 146 Å². The molecule has 4 heteroatoms. The Morgan fingerprint density at radius 3 is 2.48 bits per heavy atom. The molecule has 0 saturated heterocycles. The van der Waals surface area contributed by atoms with E-state index in [4.69, 9.17) is 9.47 Å². The highest BCUT2D eigenvalue weighted by Gasteiger charge is 2.11. The predicted octanol–water partition coefficient (Wildman–Crippen LogP) is 4.63. The van der Waals surface area contributed by atoms with Gasteiger partial charge >= 0.3 is 0 Å². The molecular formula is C21H17NO3. The Morgan fingerprint density at radius 2 is 1.76 bits per heavy atom. The van der Waals surface area contributed by atoms with Crippen LogP contribution in [0.1, 0.15) is 11.1 Å². The molecule has 3 aromatic carbocycles. The smallest absolute Gasteiger partial charge is 0.161 e. The Morgan fingerprint density at radius 1 is 1.00 bits per heavy atom. The lowest BCUT2D eigenvalue weighted by atomic mass is 9.98. The molecule has 3 rings (SSSR count). The first-order chi connectivity index (χ1) is 12.2. The van der Waals surface area contributed by atoms with Gasteiger partial charge in [0.05, 0.1) is 25.9 Å². The number of fused-ring (bicyclic) bond motifs is 1. The van der Waals surface area contributed by atoms with Gasteiger partial charge in [-0.25, -0.2) is 0 Å². The van der Waals surface area contributed by atoms with Gasteiger partial charge in [0.2, 0.25) is 0 Å². The lowest BCUT2D eigenvalue weighted by molar-refractivity contribution is 0.355. The van der Waals surface area contributed by atoms with Crippen molar-refractivity contribution in [1.29, 1.82) is 5.26 Å². The van der Waals surface area contributed by atoms with Crippen LogP contribution < -0.4 is 9.47 Å². The minimum absolute atomic E-state index is 0.131. The first kappa shape index (κ1) is 16.4. The third-order valence-electron chi connectivity index (χ3n) is 4.05. The van der Waals surface area contributed by atoms with Gasteiger partial charge < -0.3 is 14.6 Å². The molecule has 25 heavy (non-hydrogen) atoms. The van der Waals surface area contributed by atoms with Crippen molar-refractivity contribution in [2.45, 2.75) is 0 Å². The van der Waals surface area contributed by atoms with E-state index in [1.807, 2.05) is 30.3 Å². The van der Waals surface area contributed by atoms with Crippen molar-refractivity contribution in [3.05, 3.63) is 65.7 Å². The zero-order valence-electron chi connectivity index (χ0n) is 14.0. The number of aromatic hydroxyl groups is 1. The molecule has 3 aromatic rings.